The number of hydrogen-bond donors (Lipinski definition) is 0. The SMILES string of the molecule is CC(C)N1CCC(Oc2ccc3c(ccn3-c3ccc(F)cc3)c2)CC1. The quantitative estimate of drug-likeness (QED) is 0.656. The Labute approximate surface area is 154 Å². The van der Waals surface area contributed by atoms with Gasteiger partial charge in [0.2, 0.25) is 0 Å². The van der Waals surface area contributed by atoms with Gasteiger partial charge in [0.1, 0.15) is 17.7 Å². The van der Waals surface area contributed by atoms with Crippen molar-refractivity contribution in [3.05, 3.63) is 60.5 Å². The molecule has 2 aromatic carbocycles. The molecule has 3 aromatic rings. The Balaban J connectivity index is 1.50. The molecule has 1 fully saturated rings. The summed E-state index contributed by atoms with van der Waals surface area (Å²) in [5.41, 5.74) is 2.05. The highest BCUT2D eigenvalue weighted by Gasteiger charge is 2.22. The van der Waals surface area contributed by atoms with Gasteiger partial charge in [0.15, 0.2) is 0 Å². The van der Waals surface area contributed by atoms with Crippen molar-refractivity contribution in [3.8, 4) is 11.4 Å². The van der Waals surface area contributed by atoms with Gasteiger partial charge in [-0.2, -0.15) is 0 Å². The molecule has 1 saturated heterocycles. The van der Waals surface area contributed by atoms with Gasteiger partial charge in [0.05, 0.1) is 5.52 Å². The lowest BCUT2D eigenvalue weighted by Gasteiger charge is -2.34. The fourth-order valence-electron chi connectivity index (χ4n) is 3.72. The number of ether oxygens (including phenoxy) is 1. The summed E-state index contributed by atoms with van der Waals surface area (Å²) >= 11 is 0. The Morgan fingerprint density at radius 2 is 1.73 bits per heavy atom. The number of hydrogen-bond acceptors (Lipinski definition) is 2. The average Bonchev–Trinajstić information content (AvgIpc) is 3.06. The van der Waals surface area contributed by atoms with Crippen LogP contribution in [0, 0.1) is 5.82 Å². The van der Waals surface area contributed by atoms with Crippen molar-refractivity contribution in [1.29, 1.82) is 0 Å². The first-order valence-corrected chi connectivity index (χ1v) is 9.38. The van der Waals surface area contributed by atoms with E-state index in [1.165, 1.54) is 12.1 Å². The Morgan fingerprint density at radius 1 is 1.00 bits per heavy atom. The topological polar surface area (TPSA) is 17.4 Å². The second-order valence-corrected chi connectivity index (χ2v) is 7.33. The van der Waals surface area contributed by atoms with Crippen molar-refractivity contribution < 1.29 is 9.13 Å². The fourth-order valence-corrected chi connectivity index (χ4v) is 3.72. The van der Waals surface area contributed by atoms with Crippen molar-refractivity contribution in [3.63, 3.8) is 0 Å². The van der Waals surface area contributed by atoms with Gasteiger partial charge in [0, 0.05) is 36.4 Å². The smallest absolute Gasteiger partial charge is 0.123 e. The van der Waals surface area contributed by atoms with Crippen LogP contribution in [0.25, 0.3) is 16.6 Å². The van der Waals surface area contributed by atoms with Crippen molar-refractivity contribution in [1.82, 2.24) is 9.47 Å². The molecule has 2 heterocycles. The lowest BCUT2D eigenvalue weighted by Crippen LogP contribution is -2.41. The van der Waals surface area contributed by atoms with E-state index in [4.69, 9.17) is 4.74 Å². The summed E-state index contributed by atoms with van der Waals surface area (Å²) in [6.45, 7) is 6.71. The van der Waals surface area contributed by atoms with Crippen LogP contribution in [0.2, 0.25) is 0 Å². The molecule has 0 aliphatic carbocycles. The van der Waals surface area contributed by atoms with Crippen LogP contribution in [0.1, 0.15) is 26.7 Å². The van der Waals surface area contributed by atoms with Crippen LogP contribution in [0.15, 0.2) is 54.7 Å². The van der Waals surface area contributed by atoms with Crippen LogP contribution in [-0.4, -0.2) is 34.7 Å². The zero-order valence-corrected chi connectivity index (χ0v) is 15.4. The summed E-state index contributed by atoms with van der Waals surface area (Å²) in [4.78, 5) is 2.51. The van der Waals surface area contributed by atoms with Crippen LogP contribution in [0.3, 0.4) is 0 Å². The largest absolute Gasteiger partial charge is 0.490 e. The number of nitrogens with zero attached hydrogens (tertiary/aromatic N) is 2. The molecule has 0 atom stereocenters. The molecule has 3 nitrogen and oxygen atoms in total. The maximum Gasteiger partial charge on any atom is 0.123 e. The van der Waals surface area contributed by atoms with Crippen molar-refractivity contribution in [2.45, 2.75) is 38.8 Å². The van der Waals surface area contributed by atoms with Crippen molar-refractivity contribution in [2.24, 2.45) is 0 Å². The molecule has 26 heavy (non-hydrogen) atoms. The number of fused-ring (bicyclic) bond motifs is 1. The molecule has 1 aromatic heterocycles. The molecule has 4 rings (SSSR count). The zero-order valence-electron chi connectivity index (χ0n) is 15.4. The monoisotopic (exact) mass is 352 g/mol. The highest BCUT2D eigenvalue weighted by molar-refractivity contribution is 5.83. The van der Waals surface area contributed by atoms with Crippen LogP contribution in [0.5, 0.6) is 5.75 Å². The standard InChI is InChI=1S/C22H25FN2O/c1-16(2)24-12-10-20(11-13-24)26-21-7-8-22-17(15-21)9-14-25(22)19-5-3-18(23)4-6-19/h3-9,14-16,20H,10-13H2,1-2H3. The van der Waals surface area contributed by atoms with Gasteiger partial charge in [-0.1, -0.05) is 0 Å². The second-order valence-electron chi connectivity index (χ2n) is 7.33. The van der Waals surface area contributed by atoms with E-state index < -0.39 is 0 Å². The second kappa shape index (κ2) is 7.12. The molecular weight excluding hydrogens is 327 g/mol. The van der Waals surface area contributed by atoms with Crippen LogP contribution in [-0.2, 0) is 0 Å². The number of benzene rings is 2. The van der Waals surface area contributed by atoms with Gasteiger partial charge in [-0.25, -0.2) is 4.39 Å². The number of aromatic nitrogens is 1. The summed E-state index contributed by atoms with van der Waals surface area (Å²) in [5, 5.41) is 1.13. The predicted octanol–water partition coefficient (Wildman–Crippen LogP) is 5.02. The molecule has 1 aliphatic rings. The third-order valence-electron chi connectivity index (χ3n) is 5.28. The van der Waals surface area contributed by atoms with E-state index in [-0.39, 0.29) is 5.82 Å². The van der Waals surface area contributed by atoms with Gasteiger partial charge in [-0.15, -0.1) is 0 Å². The Morgan fingerprint density at radius 3 is 2.42 bits per heavy atom. The van der Waals surface area contributed by atoms with E-state index in [9.17, 15) is 4.39 Å². The van der Waals surface area contributed by atoms with Gasteiger partial charge >= 0.3 is 0 Å². The molecule has 0 saturated carbocycles. The fraction of sp³-hybridized carbons (Fsp3) is 0.364. The normalized spacial score (nSPS) is 16.5. The minimum absolute atomic E-state index is 0.218. The van der Waals surface area contributed by atoms with Crippen LogP contribution >= 0.6 is 0 Å². The minimum Gasteiger partial charge on any atom is -0.490 e. The predicted molar refractivity (Wildman–Crippen MR) is 104 cm³/mol. The first kappa shape index (κ1) is 17.1. The summed E-state index contributed by atoms with van der Waals surface area (Å²) in [6.07, 6.45) is 4.46. The number of piperidine rings is 1. The highest BCUT2D eigenvalue weighted by atomic mass is 19.1. The maximum atomic E-state index is 13.2. The van der Waals surface area contributed by atoms with E-state index in [2.05, 4.69) is 41.5 Å². The molecule has 0 amide bonds. The van der Waals surface area contributed by atoms with E-state index in [0.29, 0.717) is 12.1 Å². The van der Waals surface area contributed by atoms with E-state index in [1.807, 2.05) is 12.3 Å². The molecule has 0 radical (unpaired) electrons. The third-order valence-corrected chi connectivity index (χ3v) is 5.28. The van der Waals surface area contributed by atoms with E-state index >= 15 is 0 Å². The molecule has 0 spiro atoms. The highest BCUT2D eigenvalue weighted by Crippen LogP contribution is 2.27. The Kier molecular flexibility index (Phi) is 4.68. The van der Waals surface area contributed by atoms with E-state index in [0.717, 1.165) is 48.3 Å². The van der Waals surface area contributed by atoms with Gasteiger partial charge < -0.3 is 14.2 Å². The maximum absolute atomic E-state index is 13.2. The van der Waals surface area contributed by atoms with Gasteiger partial charge in [0.25, 0.3) is 0 Å². The summed E-state index contributed by atoms with van der Waals surface area (Å²) in [5.74, 6) is 0.710. The molecule has 0 unspecified atom stereocenters. The Bertz CT molecular complexity index is 877. The molecule has 136 valence electrons. The average molecular weight is 352 g/mol. The summed E-state index contributed by atoms with van der Waals surface area (Å²) in [6, 6.07) is 15.5. The minimum atomic E-state index is -0.218. The number of rotatable bonds is 4. The summed E-state index contributed by atoms with van der Waals surface area (Å²) in [7, 11) is 0. The van der Waals surface area contributed by atoms with Crippen molar-refractivity contribution in [2.75, 3.05) is 13.1 Å². The first-order chi connectivity index (χ1) is 12.6. The number of likely N-dealkylation sites (tertiary alicyclic amines) is 1. The van der Waals surface area contributed by atoms with Crippen LogP contribution < -0.4 is 4.74 Å². The third kappa shape index (κ3) is 3.47. The zero-order chi connectivity index (χ0) is 18.1. The lowest BCUT2D eigenvalue weighted by atomic mass is 10.1. The van der Waals surface area contributed by atoms with Gasteiger partial charge in [-0.05, 0) is 75.2 Å². The summed E-state index contributed by atoms with van der Waals surface area (Å²) < 4.78 is 21.5. The molecule has 1 aliphatic heterocycles. The van der Waals surface area contributed by atoms with Crippen LogP contribution in [0.4, 0.5) is 4.39 Å². The molecule has 4 heteroatoms. The lowest BCUT2D eigenvalue weighted by molar-refractivity contribution is 0.0844. The van der Waals surface area contributed by atoms with Gasteiger partial charge in [-0.3, -0.25) is 0 Å². The number of halogens is 1. The first-order valence-electron chi connectivity index (χ1n) is 9.38. The molecule has 0 bridgehead atoms. The Hall–Kier alpha value is -2.33. The van der Waals surface area contributed by atoms with Crippen molar-refractivity contribution >= 4 is 10.9 Å². The molecule has 0 N–H and O–H groups in total. The van der Waals surface area contributed by atoms with E-state index in [1.54, 1.807) is 12.1 Å². The molecular formula is C22H25FN2O.